The zero-order chi connectivity index (χ0) is 67.7. The number of carbonyl (C=O) groups excluding carboxylic acids is 7. The molecule has 1 aromatic heterocycles. The highest BCUT2D eigenvalue weighted by Gasteiger charge is 2.58. The molecule has 20 nitrogen and oxygen atoms in total. The Kier molecular flexibility index (Phi) is 21.8. The fraction of sp³-hybridized carbons (Fsp3) is 0.171. The third kappa shape index (κ3) is 16.5. The van der Waals surface area contributed by atoms with Crippen LogP contribution in [0.15, 0.2) is 277 Å². The van der Waals surface area contributed by atoms with Crippen molar-refractivity contribution in [3.8, 4) is 5.69 Å². The summed E-state index contributed by atoms with van der Waals surface area (Å²) in [5, 5.41) is 0. The van der Waals surface area contributed by atoms with Crippen LogP contribution in [0.1, 0.15) is 78.1 Å². The molecule has 10 aromatic rings. The van der Waals surface area contributed by atoms with E-state index in [-0.39, 0.29) is 43.7 Å². The van der Waals surface area contributed by atoms with E-state index in [2.05, 4.69) is 0 Å². The van der Waals surface area contributed by atoms with Crippen molar-refractivity contribution in [3.05, 3.63) is 321 Å². The summed E-state index contributed by atoms with van der Waals surface area (Å²) in [6, 6.07) is 72.1. The maximum absolute atomic E-state index is 15.1. The minimum atomic E-state index is -2.11. The number of esters is 7. The van der Waals surface area contributed by atoms with Crippen molar-refractivity contribution in [2.75, 3.05) is 13.2 Å². The van der Waals surface area contributed by atoms with Gasteiger partial charge in [-0.05, 0) is 137 Å². The van der Waals surface area contributed by atoms with E-state index in [0.29, 0.717) is 16.2 Å². The summed E-state index contributed by atoms with van der Waals surface area (Å²) >= 11 is 0. The number of ether oxygens (including phenoxy) is 10. The molecule has 0 amide bonds. The molecule has 2 aliphatic heterocycles. The monoisotopic (exact) mass is 1350 g/mol. The van der Waals surface area contributed by atoms with Gasteiger partial charge >= 0.3 is 41.8 Å². The van der Waals surface area contributed by atoms with E-state index in [1.807, 2.05) is 61.5 Å². The zero-order valence-electron chi connectivity index (χ0n) is 52.2. The van der Waals surface area contributed by atoms with Gasteiger partial charge in [0.15, 0.2) is 43.0 Å². The van der Waals surface area contributed by atoms with Crippen LogP contribution in [0, 0.1) is 6.92 Å². The Labute approximate surface area is 568 Å². The fourth-order valence-corrected chi connectivity index (χ4v) is 12.9. The lowest BCUT2D eigenvalue weighted by atomic mass is 9.95. The van der Waals surface area contributed by atoms with Crippen molar-refractivity contribution in [2.24, 2.45) is 9.98 Å². The average Bonchev–Trinajstić information content (AvgIpc) is 0.906. The molecule has 12 rings (SSSR count). The van der Waals surface area contributed by atoms with Crippen LogP contribution < -0.4 is 9.60 Å². The summed E-state index contributed by atoms with van der Waals surface area (Å²) < 4.78 is 67.6. The minimum Gasteiger partial charge on any atom is -0.459 e. The van der Waals surface area contributed by atoms with Crippen molar-refractivity contribution >= 4 is 68.2 Å². The first-order valence-corrected chi connectivity index (χ1v) is 33.2. The lowest BCUT2D eigenvalue weighted by molar-refractivity contribution is -0.338. The molecular weight excluding hydrogens is 1290 g/mol. The van der Waals surface area contributed by atoms with Crippen LogP contribution in [0.25, 0.3) is 5.69 Å². The molecule has 494 valence electrons. The predicted octanol–water partition coefficient (Wildman–Crippen LogP) is 11.7. The van der Waals surface area contributed by atoms with Crippen LogP contribution in [0.4, 0.5) is 5.69 Å². The molecule has 0 spiro atoms. The average molecular weight is 1350 g/mol. The summed E-state index contributed by atoms with van der Waals surface area (Å²) in [5.74, 6) is -6.59. The van der Waals surface area contributed by atoms with E-state index in [1.165, 1.54) is 106 Å². The number of nitrogens with zero attached hydrogens (tertiary/aromatic N) is 3. The van der Waals surface area contributed by atoms with Crippen molar-refractivity contribution in [3.63, 3.8) is 0 Å². The normalized spacial score (nSPS) is 20.7. The minimum absolute atomic E-state index is 0.00705. The van der Waals surface area contributed by atoms with Gasteiger partial charge in [0.1, 0.15) is 31.5 Å². The van der Waals surface area contributed by atoms with Gasteiger partial charge in [-0.3, -0.25) is 4.57 Å². The van der Waals surface area contributed by atoms with Gasteiger partial charge < -0.3 is 47.4 Å². The molecule has 2 saturated heterocycles. The van der Waals surface area contributed by atoms with Gasteiger partial charge in [-0.2, -0.15) is 0 Å². The smallest absolute Gasteiger partial charge is 0.338 e. The third-order valence-corrected chi connectivity index (χ3v) is 17.7. The number of rotatable bonds is 21. The Bertz CT molecular complexity index is 4510. The van der Waals surface area contributed by atoms with Crippen LogP contribution in [0.2, 0.25) is 0 Å². The van der Waals surface area contributed by atoms with Gasteiger partial charge in [0.25, 0.3) is 0 Å². The highest BCUT2D eigenvalue weighted by Crippen LogP contribution is 2.38. The molecule has 10 atom stereocenters. The number of para-hydroxylation sites is 1. The molecule has 0 unspecified atom stereocenters. The van der Waals surface area contributed by atoms with Gasteiger partial charge in [-0.25, -0.2) is 43.5 Å². The topological polar surface area (TPSA) is 241 Å². The van der Waals surface area contributed by atoms with Gasteiger partial charge in [0.2, 0.25) is 9.60 Å². The van der Waals surface area contributed by atoms with Crippen LogP contribution in [0.3, 0.4) is 0 Å². The van der Waals surface area contributed by atoms with Gasteiger partial charge in [-0.15, -0.1) is 0 Å². The molecule has 98 heavy (non-hydrogen) atoms. The summed E-state index contributed by atoms with van der Waals surface area (Å²) in [4.78, 5) is 114. The van der Waals surface area contributed by atoms with Crippen LogP contribution in [0.5, 0.6) is 0 Å². The second-order valence-electron chi connectivity index (χ2n) is 22.3. The van der Waals surface area contributed by atoms with E-state index in [4.69, 9.17) is 57.4 Å². The van der Waals surface area contributed by atoms with Crippen molar-refractivity contribution in [1.82, 2.24) is 4.57 Å². The predicted molar refractivity (Wildman–Crippen MR) is 357 cm³/mol. The summed E-state index contributed by atoms with van der Waals surface area (Å²) in [6.45, 7) is 0.453. The Morgan fingerprint density at radius 2 is 0.684 bits per heavy atom. The molecular formula is C76H61N3O17S2. The quantitative estimate of drug-likeness (QED) is 0.0369. The van der Waals surface area contributed by atoms with E-state index < -0.39 is 116 Å². The SMILES string of the molecule is Cc1ccc(-n2c(=Nc3ccccc3)ss/c2=N/[C@@H]2O[C@H](COC(=O)c3ccccc3)[C@@H](O[C@@H]3O[C@H](COC(=O)c4ccccc4)[C@H](OC(=O)c4ccccc4)[C@H](OC(=O)c4ccccc4)[C@H]3OC(=O)c3ccccc3)[C@H](OC(=O)c3ccccc3)[C@H]2OC(=O)c2ccccc2)cc1. The number of hydrogen-bond donors (Lipinski definition) is 0. The molecule has 0 radical (unpaired) electrons. The zero-order valence-corrected chi connectivity index (χ0v) is 53.8. The first kappa shape index (κ1) is 66.7. The van der Waals surface area contributed by atoms with Gasteiger partial charge in [-0.1, -0.05) is 163 Å². The molecule has 0 N–H and O–H groups in total. The van der Waals surface area contributed by atoms with Gasteiger partial charge in [0, 0.05) is 0 Å². The molecule has 2 fully saturated rings. The molecule has 0 saturated carbocycles. The molecule has 0 bridgehead atoms. The Hall–Kier alpha value is -11.3. The molecule has 22 heteroatoms. The van der Waals surface area contributed by atoms with Crippen LogP contribution in [-0.2, 0) is 47.4 Å². The molecule has 2 aliphatic rings. The number of aromatic nitrogens is 1. The van der Waals surface area contributed by atoms with Crippen molar-refractivity contribution in [2.45, 2.75) is 68.3 Å². The largest absolute Gasteiger partial charge is 0.459 e. The van der Waals surface area contributed by atoms with Crippen molar-refractivity contribution in [1.29, 1.82) is 0 Å². The number of hydrogen-bond acceptors (Lipinski definition) is 21. The lowest BCUT2D eigenvalue weighted by Gasteiger charge is -2.48. The maximum atomic E-state index is 15.1. The molecule has 0 aliphatic carbocycles. The van der Waals surface area contributed by atoms with Gasteiger partial charge in [0.05, 0.1) is 50.3 Å². The van der Waals surface area contributed by atoms with E-state index in [9.17, 15) is 28.8 Å². The summed E-state index contributed by atoms with van der Waals surface area (Å²) in [5.41, 5.74) is 2.59. The Balaban J connectivity index is 1.06. The Morgan fingerprint density at radius 3 is 1.09 bits per heavy atom. The van der Waals surface area contributed by atoms with Crippen LogP contribution in [-0.4, -0.2) is 121 Å². The van der Waals surface area contributed by atoms with Crippen LogP contribution >= 0.6 is 20.7 Å². The fourth-order valence-electron chi connectivity index (χ4n) is 10.7. The number of aryl methyl sites for hydroxylation is 1. The highest BCUT2D eigenvalue weighted by molar-refractivity contribution is 7.67. The van der Waals surface area contributed by atoms with Crippen molar-refractivity contribution < 1.29 is 80.9 Å². The highest BCUT2D eigenvalue weighted by atomic mass is 32.9. The summed E-state index contributed by atoms with van der Waals surface area (Å²) in [6.07, 6.45) is -18.6. The van der Waals surface area contributed by atoms with E-state index >= 15 is 4.79 Å². The second-order valence-corrected chi connectivity index (χ2v) is 24.4. The standard InChI is InChI=1S/C76H61N3O17S2/c1-48-42-44-57(45-43-48)79-75(77-56-40-24-9-25-41-56)97-98-76(79)78-66-64(94-72(85)54-36-20-7-21-37-54)62(92-70(83)52-32-16-5-17-33-52)61(58(89-66)46-87-67(80)49-26-10-2-11-27-49)96-74-65(95-73(86)55-38-22-8-23-39-55)63(93-71(84)53-34-18-6-19-35-53)60(91-69(82)51-30-14-4-15-31-51)59(90-74)47-88-68(81)50-28-12-3-13-29-50/h2-45,58-66,74H,46-47H2,1H3/b77-75?,78-76+/t58-,59-,60+,61-,62+,63+,64-,65-,66-,74+/m1/s1. The van der Waals surface area contributed by atoms with E-state index in [1.54, 1.807) is 132 Å². The second kappa shape index (κ2) is 32.0. The lowest BCUT2D eigenvalue weighted by Crippen LogP contribution is -2.67. The first-order valence-electron chi connectivity index (χ1n) is 31.0. The Morgan fingerprint density at radius 1 is 0.357 bits per heavy atom. The summed E-state index contributed by atoms with van der Waals surface area (Å²) in [7, 11) is 2.47. The number of carbonyl (C=O) groups is 7. The molecule has 9 aromatic carbocycles. The third-order valence-electron chi connectivity index (χ3n) is 15.6. The first-order chi connectivity index (χ1) is 47.9. The number of benzene rings is 9. The maximum Gasteiger partial charge on any atom is 0.338 e. The van der Waals surface area contributed by atoms with E-state index in [0.717, 1.165) is 5.56 Å². The molecule has 3 heterocycles.